The van der Waals surface area contributed by atoms with E-state index in [1.165, 1.54) is 19.2 Å². The van der Waals surface area contributed by atoms with Crippen molar-refractivity contribution < 1.29 is 19.2 Å². The van der Waals surface area contributed by atoms with E-state index in [0.717, 1.165) is 6.07 Å². The number of nitro benzene ring substituents is 1. The molecule has 0 aliphatic rings. The van der Waals surface area contributed by atoms with Crippen LogP contribution in [0.2, 0.25) is 0 Å². The molecule has 26 heavy (non-hydrogen) atoms. The highest BCUT2D eigenvalue weighted by atomic mass is 16.6. The number of esters is 1. The van der Waals surface area contributed by atoms with Crippen LogP contribution in [0.4, 0.5) is 5.69 Å². The molecule has 2 aromatic carbocycles. The van der Waals surface area contributed by atoms with E-state index in [9.17, 15) is 19.7 Å². The van der Waals surface area contributed by atoms with Crippen LogP contribution in [-0.4, -0.2) is 28.0 Å². The molecule has 0 atom stereocenters. The molecule has 132 valence electrons. The smallest absolute Gasteiger partial charge is 0.338 e. The minimum absolute atomic E-state index is 0.0133. The molecule has 0 fully saturated rings. The molecule has 0 unspecified atom stereocenters. The van der Waals surface area contributed by atoms with Crippen molar-refractivity contribution in [3.05, 3.63) is 74.3 Å². The molecule has 9 heteroatoms. The van der Waals surface area contributed by atoms with E-state index in [0.29, 0.717) is 10.9 Å². The van der Waals surface area contributed by atoms with Gasteiger partial charge in [0, 0.05) is 6.07 Å². The molecule has 0 aliphatic carbocycles. The van der Waals surface area contributed by atoms with Gasteiger partial charge in [-0.1, -0.05) is 12.1 Å². The van der Waals surface area contributed by atoms with Gasteiger partial charge in [0.15, 0.2) is 5.75 Å². The maximum atomic E-state index is 12.1. The zero-order chi connectivity index (χ0) is 18.7. The lowest BCUT2D eigenvalue weighted by atomic mass is 10.2. The number of fused-ring (bicyclic) bond motifs is 1. The van der Waals surface area contributed by atoms with Gasteiger partial charge in [-0.3, -0.25) is 14.9 Å². The van der Waals surface area contributed by atoms with Gasteiger partial charge in [0.25, 0.3) is 5.56 Å². The van der Waals surface area contributed by atoms with E-state index in [2.05, 4.69) is 9.97 Å². The monoisotopic (exact) mass is 355 g/mol. The van der Waals surface area contributed by atoms with Crippen molar-refractivity contribution in [3.63, 3.8) is 0 Å². The number of para-hydroxylation sites is 1. The zero-order valence-corrected chi connectivity index (χ0v) is 13.6. The zero-order valence-electron chi connectivity index (χ0n) is 13.6. The Balaban J connectivity index is 1.80. The lowest BCUT2D eigenvalue weighted by Gasteiger charge is -2.07. The Labute approximate surface area is 146 Å². The first-order chi connectivity index (χ1) is 12.5. The van der Waals surface area contributed by atoms with Crippen LogP contribution in [0.25, 0.3) is 10.9 Å². The second-order valence-corrected chi connectivity index (χ2v) is 5.25. The van der Waals surface area contributed by atoms with Gasteiger partial charge in [-0.2, -0.15) is 0 Å². The van der Waals surface area contributed by atoms with Crippen LogP contribution >= 0.6 is 0 Å². The van der Waals surface area contributed by atoms with E-state index < -0.39 is 10.9 Å². The number of ether oxygens (including phenoxy) is 2. The lowest BCUT2D eigenvalue weighted by molar-refractivity contribution is -0.385. The molecule has 1 aromatic heterocycles. The average molecular weight is 355 g/mol. The van der Waals surface area contributed by atoms with Crippen molar-refractivity contribution >= 4 is 22.6 Å². The average Bonchev–Trinajstić information content (AvgIpc) is 2.65. The number of aromatic amines is 1. The highest BCUT2D eigenvalue weighted by Crippen LogP contribution is 2.27. The summed E-state index contributed by atoms with van der Waals surface area (Å²) in [4.78, 5) is 41.2. The number of hydrogen-bond acceptors (Lipinski definition) is 7. The number of rotatable bonds is 5. The third-order valence-corrected chi connectivity index (χ3v) is 3.61. The largest absolute Gasteiger partial charge is 0.490 e. The van der Waals surface area contributed by atoms with Gasteiger partial charge in [0.05, 0.1) is 28.5 Å². The first-order valence-electron chi connectivity index (χ1n) is 7.47. The first kappa shape index (κ1) is 17.1. The fraction of sp³-hybridized carbons (Fsp3) is 0.118. The maximum absolute atomic E-state index is 12.1. The van der Waals surface area contributed by atoms with Crippen LogP contribution in [0.3, 0.4) is 0 Å². The number of carbonyl (C=O) groups is 1. The Kier molecular flexibility index (Phi) is 4.61. The third kappa shape index (κ3) is 3.36. The summed E-state index contributed by atoms with van der Waals surface area (Å²) in [7, 11) is 1.29. The fourth-order valence-corrected chi connectivity index (χ4v) is 2.38. The topological polar surface area (TPSA) is 124 Å². The lowest BCUT2D eigenvalue weighted by Crippen LogP contribution is -2.14. The summed E-state index contributed by atoms with van der Waals surface area (Å²) in [6.45, 7) is -0.279. The van der Waals surface area contributed by atoms with Crippen LogP contribution < -0.4 is 10.3 Å². The van der Waals surface area contributed by atoms with Crippen molar-refractivity contribution in [2.75, 3.05) is 7.11 Å². The van der Waals surface area contributed by atoms with E-state index in [4.69, 9.17) is 9.47 Å². The van der Waals surface area contributed by atoms with E-state index >= 15 is 0 Å². The van der Waals surface area contributed by atoms with Crippen LogP contribution in [-0.2, 0) is 11.3 Å². The molecule has 0 aliphatic heterocycles. The number of H-pyrrole nitrogens is 1. The van der Waals surface area contributed by atoms with Crippen molar-refractivity contribution in [2.24, 2.45) is 0 Å². The van der Waals surface area contributed by atoms with Gasteiger partial charge in [0.2, 0.25) is 0 Å². The molecule has 0 bridgehead atoms. The van der Waals surface area contributed by atoms with Crippen molar-refractivity contribution in [3.8, 4) is 5.75 Å². The predicted octanol–water partition coefficient (Wildman–Crippen LogP) is 2.20. The molecule has 0 spiro atoms. The van der Waals surface area contributed by atoms with Gasteiger partial charge < -0.3 is 14.5 Å². The highest BCUT2D eigenvalue weighted by Gasteiger charge is 2.19. The number of benzene rings is 2. The first-order valence-corrected chi connectivity index (χ1v) is 7.47. The van der Waals surface area contributed by atoms with E-state index in [-0.39, 0.29) is 35.0 Å². The Morgan fingerprint density at radius 3 is 2.77 bits per heavy atom. The van der Waals surface area contributed by atoms with Crippen LogP contribution in [0.15, 0.2) is 47.3 Å². The molecule has 3 rings (SSSR count). The van der Waals surface area contributed by atoms with Crippen LogP contribution in [0.5, 0.6) is 5.75 Å². The van der Waals surface area contributed by atoms with Gasteiger partial charge in [-0.15, -0.1) is 0 Å². The molecule has 3 aromatic rings. The number of aromatic nitrogens is 2. The van der Waals surface area contributed by atoms with Crippen molar-refractivity contribution in [1.29, 1.82) is 0 Å². The SMILES string of the molecule is COc1ccc(C(=O)OCc2nc3ccccc3c(=O)[nH]2)cc1[N+](=O)[O-]. The molecule has 1 N–H and O–H groups in total. The van der Waals surface area contributed by atoms with Gasteiger partial charge in [-0.25, -0.2) is 9.78 Å². The summed E-state index contributed by atoms with van der Waals surface area (Å²) in [6, 6.07) is 10.5. The minimum atomic E-state index is -0.786. The highest BCUT2D eigenvalue weighted by molar-refractivity contribution is 5.90. The van der Waals surface area contributed by atoms with Crippen LogP contribution in [0.1, 0.15) is 16.2 Å². The summed E-state index contributed by atoms with van der Waals surface area (Å²) < 4.78 is 9.97. The number of carbonyl (C=O) groups excluding carboxylic acids is 1. The standard InChI is InChI=1S/C17H13N3O6/c1-25-14-7-6-10(8-13(14)20(23)24)17(22)26-9-15-18-12-5-3-2-4-11(12)16(21)19-15/h2-8H,9H2,1H3,(H,18,19,21). The van der Waals surface area contributed by atoms with Crippen LogP contribution in [0, 0.1) is 10.1 Å². The summed E-state index contributed by atoms with van der Waals surface area (Å²) in [6.07, 6.45) is 0. The second kappa shape index (κ2) is 7.01. The molecule has 0 radical (unpaired) electrons. The Hall–Kier alpha value is -3.75. The molecule has 9 nitrogen and oxygen atoms in total. The number of methoxy groups -OCH3 is 1. The van der Waals surface area contributed by atoms with Gasteiger partial charge >= 0.3 is 11.7 Å². The quantitative estimate of drug-likeness (QED) is 0.422. The predicted molar refractivity (Wildman–Crippen MR) is 91.1 cm³/mol. The van der Waals surface area contributed by atoms with E-state index in [1.54, 1.807) is 24.3 Å². The Morgan fingerprint density at radius 1 is 1.27 bits per heavy atom. The summed E-state index contributed by atoms with van der Waals surface area (Å²) in [5.74, 6) is -0.580. The molecule has 0 amide bonds. The molecule has 0 saturated carbocycles. The molecular formula is C17H13N3O6. The number of hydrogen-bond donors (Lipinski definition) is 1. The number of nitro groups is 1. The van der Waals surface area contributed by atoms with Gasteiger partial charge in [-0.05, 0) is 24.3 Å². The summed E-state index contributed by atoms with van der Waals surface area (Å²) >= 11 is 0. The van der Waals surface area contributed by atoms with E-state index in [1.807, 2.05) is 0 Å². The van der Waals surface area contributed by atoms with Crippen molar-refractivity contribution in [2.45, 2.75) is 6.61 Å². The fourth-order valence-electron chi connectivity index (χ4n) is 2.38. The summed E-state index contributed by atoms with van der Waals surface area (Å²) in [5.41, 5.74) is -0.232. The molecular weight excluding hydrogens is 342 g/mol. The molecule has 0 saturated heterocycles. The maximum Gasteiger partial charge on any atom is 0.338 e. The normalized spacial score (nSPS) is 10.5. The summed E-state index contributed by atoms with van der Waals surface area (Å²) in [5, 5.41) is 11.4. The van der Waals surface area contributed by atoms with Crippen molar-refractivity contribution in [1.82, 2.24) is 9.97 Å². The minimum Gasteiger partial charge on any atom is -0.490 e. The second-order valence-electron chi connectivity index (χ2n) is 5.25. The third-order valence-electron chi connectivity index (χ3n) is 3.61. The van der Waals surface area contributed by atoms with Gasteiger partial charge in [0.1, 0.15) is 12.4 Å². The number of nitrogens with one attached hydrogen (secondary N) is 1. The number of nitrogens with zero attached hydrogens (tertiary/aromatic N) is 2. The molecule has 1 heterocycles. The Bertz CT molecular complexity index is 1060. The Morgan fingerprint density at radius 2 is 2.04 bits per heavy atom.